The van der Waals surface area contributed by atoms with Crippen molar-refractivity contribution in [2.75, 3.05) is 23.6 Å². The molecule has 0 bridgehead atoms. The van der Waals surface area contributed by atoms with Gasteiger partial charge < -0.3 is 10.1 Å². The molecule has 8 nitrogen and oxygen atoms in total. The quantitative estimate of drug-likeness (QED) is 0.257. The number of nitrogens with one attached hydrogen (secondary N) is 3. The maximum absolute atomic E-state index is 12.5. The van der Waals surface area contributed by atoms with Crippen molar-refractivity contribution in [3.05, 3.63) is 94.5 Å². The van der Waals surface area contributed by atoms with Crippen molar-refractivity contribution in [2.45, 2.75) is 5.92 Å². The number of hydrogen-bond donors (Lipinski definition) is 3. The third-order valence-corrected chi connectivity index (χ3v) is 6.12. The van der Waals surface area contributed by atoms with Gasteiger partial charge in [-0.2, -0.15) is 5.10 Å². The van der Waals surface area contributed by atoms with Gasteiger partial charge in [-0.15, -0.1) is 0 Å². The van der Waals surface area contributed by atoms with Gasteiger partial charge in [0.15, 0.2) is 11.5 Å². The SMILES string of the molecule is O=C1NN(c2ccc(OCNc3cccc(-n4cn[nH]c4=S)c3)cc2Cl)CC1c1ccccc1. The Morgan fingerprint density at radius 3 is 2.74 bits per heavy atom. The van der Waals surface area contributed by atoms with E-state index in [4.69, 9.17) is 28.6 Å². The van der Waals surface area contributed by atoms with Gasteiger partial charge in [0.1, 0.15) is 12.1 Å². The Balaban J connectivity index is 1.21. The van der Waals surface area contributed by atoms with E-state index < -0.39 is 0 Å². The van der Waals surface area contributed by atoms with Crippen LogP contribution >= 0.6 is 23.8 Å². The fourth-order valence-corrected chi connectivity index (χ4v) is 4.30. The molecular formula is C24H21ClN6O2S. The average Bonchev–Trinajstić information content (AvgIpc) is 3.45. The van der Waals surface area contributed by atoms with Gasteiger partial charge in [0.05, 0.1) is 28.9 Å². The van der Waals surface area contributed by atoms with Gasteiger partial charge in [-0.05, 0) is 48.1 Å². The number of halogens is 1. The van der Waals surface area contributed by atoms with Crippen LogP contribution in [-0.4, -0.2) is 33.9 Å². The number of anilines is 2. The lowest BCUT2D eigenvalue weighted by atomic mass is 10.00. The minimum Gasteiger partial charge on any atom is -0.473 e. The standard InChI is InChI=1S/C24H21ClN6O2S/c25-21-12-19(33-15-26-17-7-4-8-18(11-17)30-14-27-28-24(30)34)9-10-22(21)31-13-20(23(32)29-31)16-5-2-1-3-6-16/h1-12,14,20,26H,13,15H2,(H,28,34)(H,29,32). The number of hydrazine groups is 1. The second kappa shape index (κ2) is 9.58. The number of aromatic amines is 1. The molecule has 1 fully saturated rings. The molecule has 2 heterocycles. The van der Waals surface area contributed by atoms with E-state index in [-0.39, 0.29) is 18.6 Å². The van der Waals surface area contributed by atoms with Crippen LogP contribution < -0.4 is 20.5 Å². The highest BCUT2D eigenvalue weighted by atomic mass is 35.5. The lowest BCUT2D eigenvalue weighted by Gasteiger charge is -2.20. The first-order valence-electron chi connectivity index (χ1n) is 10.6. The van der Waals surface area contributed by atoms with Gasteiger partial charge in [0.25, 0.3) is 0 Å². The zero-order valence-electron chi connectivity index (χ0n) is 17.9. The van der Waals surface area contributed by atoms with Gasteiger partial charge in [-0.1, -0.05) is 48.0 Å². The molecule has 0 saturated carbocycles. The fraction of sp³-hybridized carbons (Fsp3) is 0.125. The molecule has 3 N–H and O–H groups in total. The highest BCUT2D eigenvalue weighted by molar-refractivity contribution is 7.71. The molecule has 0 spiro atoms. The van der Waals surface area contributed by atoms with E-state index in [1.165, 1.54) is 0 Å². The van der Waals surface area contributed by atoms with Crippen LogP contribution in [0.1, 0.15) is 11.5 Å². The van der Waals surface area contributed by atoms with Gasteiger partial charge in [-0.3, -0.25) is 24.9 Å². The van der Waals surface area contributed by atoms with Crippen LogP contribution in [-0.2, 0) is 4.79 Å². The summed E-state index contributed by atoms with van der Waals surface area (Å²) in [5, 5.41) is 12.2. The predicted molar refractivity (Wildman–Crippen MR) is 134 cm³/mol. The molecule has 1 aliphatic rings. The number of nitrogens with zero attached hydrogens (tertiary/aromatic N) is 3. The number of H-pyrrole nitrogens is 1. The van der Waals surface area contributed by atoms with Crippen molar-refractivity contribution in [2.24, 2.45) is 0 Å². The molecule has 0 aliphatic carbocycles. The van der Waals surface area contributed by atoms with E-state index >= 15 is 0 Å². The highest BCUT2D eigenvalue weighted by Gasteiger charge is 2.32. The number of carbonyl (C=O) groups excluding carboxylic acids is 1. The van der Waals surface area contributed by atoms with Crippen LogP contribution in [0.3, 0.4) is 0 Å². The average molecular weight is 493 g/mol. The second-order valence-electron chi connectivity index (χ2n) is 7.71. The number of ether oxygens (including phenoxy) is 1. The molecular weight excluding hydrogens is 472 g/mol. The van der Waals surface area contributed by atoms with Crippen LogP contribution in [0, 0.1) is 4.77 Å². The summed E-state index contributed by atoms with van der Waals surface area (Å²) in [5.41, 5.74) is 6.36. The zero-order chi connectivity index (χ0) is 23.5. The summed E-state index contributed by atoms with van der Waals surface area (Å²) in [5.74, 6) is 0.315. The molecule has 10 heteroatoms. The van der Waals surface area contributed by atoms with E-state index in [2.05, 4.69) is 20.9 Å². The Morgan fingerprint density at radius 1 is 1.12 bits per heavy atom. The van der Waals surface area contributed by atoms with Crippen LogP contribution in [0.4, 0.5) is 11.4 Å². The summed E-state index contributed by atoms with van der Waals surface area (Å²) >= 11 is 11.7. The Labute approximate surface area is 206 Å². The maximum atomic E-state index is 12.5. The molecule has 1 aliphatic heterocycles. The summed E-state index contributed by atoms with van der Waals surface area (Å²) < 4.78 is 8.12. The van der Waals surface area contributed by atoms with Gasteiger partial charge in [0, 0.05) is 11.8 Å². The van der Waals surface area contributed by atoms with Gasteiger partial charge >= 0.3 is 0 Å². The molecule has 3 aromatic carbocycles. The van der Waals surface area contributed by atoms with Crippen molar-refractivity contribution in [3.8, 4) is 11.4 Å². The normalized spacial score (nSPS) is 15.3. The highest BCUT2D eigenvalue weighted by Crippen LogP contribution is 2.33. The lowest BCUT2D eigenvalue weighted by molar-refractivity contribution is -0.120. The molecule has 4 aromatic rings. The summed E-state index contributed by atoms with van der Waals surface area (Å²) in [6.07, 6.45) is 1.63. The maximum Gasteiger partial charge on any atom is 0.247 e. The van der Waals surface area contributed by atoms with E-state index in [0.717, 1.165) is 22.6 Å². The monoisotopic (exact) mass is 492 g/mol. The molecule has 0 radical (unpaired) electrons. The van der Waals surface area contributed by atoms with E-state index in [1.807, 2.05) is 66.7 Å². The summed E-state index contributed by atoms with van der Waals surface area (Å²) in [4.78, 5) is 12.5. The largest absolute Gasteiger partial charge is 0.473 e. The Bertz CT molecular complexity index is 1370. The van der Waals surface area contributed by atoms with Crippen LogP contribution in [0.25, 0.3) is 5.69 Å². The van der Waals surface area contributed by atoms with Crippen LogP contribution in [0.15, 0.2) is 79.1 Å². The third kappa shape index (κ3) is 4.61. The van der Waals surface area contributed by atoms with E-state index in [9.17, 15) is 4.79 Å². The second-order valence-corrected chi connectivity index (χ2v) is 8.50. The van der Waals surface area contributed by atoms with Crippen molar-refractivity contribution in [1.29, 1.82) is 0 Å². The van der Waals surface area contributed by atoms with Crippen molar-refractivity contribution in [3.63, 3.8) is 0 Å². The van der Waals surface area contributed by atoms with Gasteiger partial charge in [-0.25, -0.2) is 0 Å². The van der Waals surface area contributed by atoms with Gasteiger partial charge in [0.2, 0.25) is 5.91 Å². The summed E-state index contributed by atoms with van der Waals surface area (Å²) in [6, 6.07) is 22.9. The first kappa shape index (κ1) is 22.0. The minimum absolute atomic E-state index is 0.0502. The molecule has 1 saturated heterocycles. The number of hydrogen-bond acceptors (Lipinski definition) is 6. The number of benzene rings is 3. The summed E-state index contributed by atoms with van der Waals surface area (Å²) in [7, 11) is 0. The smallest absolute Gasteiger partial charge is 0.247 e. The van der Waals surface area contributed by atoms with E-state index in [0.29, 0.717) is 22.1 Å². The van der Waals surface area contributed by atoms with Crippen LogP contribution in [0.2, 0.25) is 5.02 Å². The topological polar surface area (TPSA) is 87.2 Å². The molecule has 1 atom stereocenters. The molecule has 5 rings (SSSR count). The summed E-state index contributed by atoms with van der Waals surface area (Å²) in [6.45, 7) is 0.744. The molecule has 1 unspecified atom stereocenters. The Morgan fingerprint density at radius 2 is 1.97 bits per heavy atom. The van der Waals surface area contributed by atoms with Crippen molar-refractivity contribution < 1.29 is 9.53 Å². The Kier molecular flexibility index (Phi) is 6.20. The first-order valence-corrected chi connectivity index (χ1v) is 11.4. The van der Waals surface area contributed by atoms with Crippen LogP contribution in [0.5, 0.6) is 5.75 Å². The molecule has 1 amide bonds. The lowest BCUT2D eigenvalue weighted by Crippen LogP contribution is -2.33. The number of rotatable bonds is 7. The van der Waals surface area contributed by atoms with E-state index in [1.54, 1.807) is 22.0 Å². The Hall–Kier alpha value is -3.82. The predicted octanol–water partition coefficient (Wildman–Crippen LogP) is 4.67. The number of carbonyl (C=O) groups is 1. The molecule has 172 valence electrons. The number of aromatic nitrogens is 3. The molecule has 34 heavy (non-hydrogen) atoms. The van der Waals surface area contributed by atoms with Crippen molar-refractivity contribution >= 4 is 41.1 Å². The molecule has 1 aromatic heterocycles. The minimum atomic E-state index is -0.245. The zero-order valence-corrected chi connectivity index (χ0v) is 19.5. The number of amides is 1. The third-order valence-electron chi connectivity index (χ3n) is 5.53. The van der Waals surface area contributed by atoms with Crippen molar-refractivity contribution in [1.82, 2.24) is 20.2 Å². The fourth-order valence-electron chi connectivity index (χ4n) is 3.82. The first-order chi connectivity index (χ1) is 16.6.